The molecule has 2 amide bonds. The lowest BCUT2D eigenvalue weighted by molar-refractivity contribution is 0.0429. The van der Waals surface area contributed by atoms with Crippen LogP contribution in [0.5, 0.6) is 0 Å². The molecular weight excluding hydrogens is 546 g/mol. The molecule has 210 valence electrons. The Balaban J connectivity index is 1.95. The first kappa shape index (κ1) is 28.7. The van der Waals surface area contributed by atoms with Gasteiger partial charge >= 0.3 is 12.2 Å². The number of amides is 2. The van der Waals surface area contributed by atoms with E-state index in [1.165, 1.54) is 24.4 Å². The van der Waals surface area contributed by atoms with E-state index < -0.39 is 41.4 Å². The quantitative estimate of drug-likeness (QED) is 0.228. The number of alkyl halides is 2. The van der Waals surface area contributed by atoms with Gasteiger partial charge in [0, 0.05) is 6.20 Å². The van der Waals surface area contributed by atoms with Crippen molar-refractivity contribution in [3.05, 3.63) is 58.9 Å². The van der Waals surface area contributed by atoms with Crippen LogP contribution in [0.15, 0.2) is 47.0 Å². The van der Waals surface area contributed by atoms with Crippen LogP contribution in [0, 0.1) is 0 Å². The van der Waals surface area contributed by atoms with Gasteiger partial charge in [0.2, 0.25) is 5.78 Å². The van der Waals surface area contributed by atoms with Crippen LogP contribution in [0.3, 0.4) is 0 Å². The Morgan fingerprint density at radius 2 is 1.60 bits per heavy atom. The summed E-state index contributed by atoms with van der Waals surface area (Å²) in [7, 11) is 0. The molecule has 0 saturated carbocycles. The number of pyridine rings is 1. The number of thiophene rings is 1. The van der Waals surface area contributed by atoms with Crippen LogP contribution < -0.4 is 4.90 Å². The van der Waals surface area contributed by atoms with Crippen molar-refractivity contribution < 1.29 is 37.1 Å². The molecule has 0 aliphatic carbocycles. The maximum Gasteiger partial charge on any atom is 0.425 e. The zero-order valence-corrected chi connectivity index (χ0v) is 23.3. The second-order valence-electron chi connectivity index (χ2n) is 10.5. The third-order valence-electron chi connectivity index (χ3n) is 4.92. The molecule has 0 saturated heterocycles. The molecule has 0 aliphatic heterocycles. The van der Waals surface area contributed by atoms with E-state index in [0.29, 0.717) is 4.90 Å². The molecular formula is C27H26F2N4O6S. The molecule has 0 unspecified atom stereocenters. The number of ketones is 1. The number of halogens is 2. The minimum atomic E-state index is -2.89. The van der Waals surface area contributed by atoms with E-state index in [1.807, 2.05) is 0 Å². The first-order valence-corrected chi connectivity index (χ1v) is 12.9. The lowest BCUT2D eigenvalue weighted by atomic mass is 10.2. The number of ether oxygens (including phenoxy) is 2. The van der Waals surface area contributed by atoms with Crippen molar-refractivity contribution in [1.29, 1.82) is 0 Å². The molecule has 0 aliphatic rings. The molecule has 0 bridgehead atoms. The third kappa shape index (κ3) is 6.47. The number of fused-ring (bicyclic) bond motifs is 1. The van der Waals surface area contributed by atoms with Crippen LogP contribution in [-0.4, -0.2) is 44.1 Å². The number of imide groups is 1. The normalized spacial score (nSPS) is 12.0. The van der Waals surface area contributed by atoms with Gasteiger partial charge < -0.3 is 13.9 Å². The maximum atomic E-state index is 13.4. The summed E-state index contributed by atoms with van der Waals surface area (Å²) in [6.07, 6.45) is -3.64. The summed E-state index contributed by atoms with van der Waals surface area (Å²) in [5.41, 5.74) is -1.85. The SMILES string of the molecule is CC(C)(C)OC(=O)N(C(=O)OC(C)(C)C)c1nc(-c2ccc(C(F)F)o2)nc2sc(C(=O)c3ccccn3)cc12. The van der Waals surface area contributed by atoms with E-state index in [0.717, 1.165) is 17.4 Å². The summed E-state index contributed by atoms with van der Waals surface area (Å²) in [5, 5.41) is 0.144. The average Bonchev–Trinajstić information content (AvgIpc) is 3.50. The van der Waals surface area contributed by atoms with E-state index in [2.05, 4.69) is 15.0 Å². The van der Waals surface area contributed by atoms with Crippen molar-refractivity contribution in [3.8, 4) is 11.6 Å². The Kier molecular flexibility index (Phi) is 7.70. The van der Waals surface area contributed by atoms with Crippen molar-refractivity contribution in [1.82, 2.24) is 15.0 Å². The Hall–Kier alpha value is -4.26. The molecule has 40 heavy (non-hydrogen) atoms. The number of carbonyl (C=O) groups excluding carboxylic acids is 3. The number of aromatic nitrogens is 3. The Morgan fingerprint density at radius 3 is 2.12 bits per heavy atom. The van der Waals surface area contributed by atoms with Crippen molar-refractivity contribution >= 4 is 45.3 Å². The molecule has 0 fully saturated rings. The van der Waals surface area contributed by atoms with Crippen molar-refractivity contribution in [2.45, 2.75) is 59.2 Å². The van der Waals surface area contributed by atoms with Crippen LogP contribution in [0.4, 0.5) is 24.2 Å². The van der Waals surface area contributed by atoms with Gasteiger partial charge in [-0.1, -0.05) is 6.07 Å². The number of anilines is 1. The fraction of sp³-hybridized carbons (Fsp3) is 0.333. The Morgan fingerprint density at radius 1 is 0.950 bits per heavy atom. The first-order chi connectivity index (χ1) is 18.6. The number of rotatable bonds is 5. The van der Waals surface area contributed by atoms with E-state index in [9.17, 15) is 23.2 Å². The molecule has 0 radical (unpaired) electrons. The van der Waals surface area contributed by atoms with Gasteiger partial charge in [-0.05, 0) is 71.9 Å². The van der Waals surface area contributed by atoms with Gasteiger partial charge in [0.05, 0.1) is 10.3 Å². The fourth-order valence-electron chi connectivity index (χ4n) is 3.38. The number of furan rings is 1. The summed E-state index contributed by atoms with van der Waals surface area (Å²) in [6, 6.07) is 8.58. The van der Waals surface area contributed by atoms with Gasteiger partial charge in [-0.3, -0.25) is 9.78 Å². The number of nitrogens with zero attached hydrogens (tertiary/aromatic N) is 4. The van der Waals surface area contributed by atoms with Gasteiger partial charge in [-0.25, -0.2) is 28.3 Å². The highest BCUT2D eigenvalue weighted by atomic mass is 32.1. The molecule has 10 nitrogen and oxygen atoms in total. The maximum absolute atomic E-state index is 13.4. The predicted octanol–water partition coefficient (Wildman–Crippen LogP) is 7.19. The van der Waals surface area contributed by atoms with Gasteiger partial charge in [-0.2, -0.15) is 4.90 Å². The zero-order valence-electron chi connectivity index (χ0n) is 22.5. The van der Waals surface area contributed by atoms with E-state index in [1.54, 1.807) is 53.7 Å². The molecule has 0 atom stereocenters. The van der Waals surface area contributed by atoms with Crippen molar-refractivity contribution in [3.63, 3.8) is 0 Å². The predicted molar refractivity (Wildman–Crippen MR) is 143 cm³/mol. The fourth-order valence-corrected chi connectivity index (χ4v) is 4.35. The smallest absolute Gasteiger partial charge is 0.425 e. The lowest BCUT2D eigenvalue weighted by Crippen LogP contribution is -2.44. The molecule has 4 rings (SSSR count). The van der Waals surface area contributed by atoms with Crippen LogP contribution in [0.1, 0.15) is 69.1 Å². The minimum absolute atomic E-state index is 0.141. The highest BCUT2D eigenvalue weighted by Gasteiger charge is 2.36. The zero-order chi connectivity index (χ0) is 29.4. The largest absolute Gasteiger partial charge is 0.452 e. The number of carbonyl (C=O) groups is 3. The lowest BCUT2D eigenvalue weighted by Gasteiger charge is -2.28. The highest BCUT2D eigenvalue weighted by Crippen LogP contribution is 2.36. The molecule has 4 aromatic rings. The van der Waals surface area contributed by atoms with E-state index >= 15 is 0 Å². The molecule has 13 heteroatoms. The highest BCUT2D eigenvalue weighted by molar-refractivity contribution is 7.20. The summed E-state index contributed by atoms with van der Waals surface area (Å²) >= 11 is 0.942. The number of hydrogen-bond donors (Lipinski definition) is 0. The van der Waals surface area contributed by atoms with E-state index in [4.69, 9.17) is 13.9 Å². The first-order valence-electron chi connectivity index (χ1n) is 12.0. The summed E-state index contributed by atoms with van der Waals surface area (Å²) in [6.45, 7) is 9.68. The van der Waals surface area contributed by atoms with Gasteiger partial charge in [0.1, 0.15) is 21.7 Å². The summed E-state index contributed by atoms with van der Waals surface area (Å²) in [4.78, 5) is 53.7. The monoisotopic (exact) mass is 572 g/mol. The molecule has 4 heterocycles. The second-order valence-corrected chi connectivity index (χ2v) is 11.6. The summed E-state index contributed by atoms with van der Waals surface area (Å²) < 4.78 is 42.6. The second kappa shape index (κ2) is 10.7. The van der Waals surface area contributed by atoms with Gasteiger partial charge in [-0.15, -0.1) is 11.3 Å². The van der Waals surface area contributed by atoms with Crippen LogP contribution >= 0.6 is 11.3 Å². The molecule has 0 aromatic carbocycles. The molecule has 0 N–H and O–H groups in total. The van der Waals surface area contributed by atoms with E-state index in [-0.39, 0.29) is 38.2 Å². The summed E-state index contributed by atoms with van der Waals surface area (Å²) in [5.74, 6) is -1.68. The van der Waals surface area contributed by atoms with Crippen LogP contribution in [-0.2, 0) is 9.47 Å². The number of hydrogen-bond acceptors (Lipinski definition) is 10. The van der Waals surface area contributed by atoms with Crippen LogP contribution in [0.25, 0.3) is 21.8 Å². The Labute approximate surface area is 232 Å². The standard InChI is InChI=1S/C27H26F2N4O6S/c1-26(2,3)38-24(35)33(25(36)39-27(4,5)6)22-14-13-18(19(34)15-9-7-8-12-30-15)40-23(14)32-21(31-22)17-11-10-16(37-17)20(28)29/h7-13,20H,1-6H3. The third-order valence-corrected chi connectivity index (χ3v) is 5.95. The average molecular weight is 573 g/mol. The molecule has 4 aromatic heterocycles. The molecule has 0 spiro atoms. The Bertz CT molecular complexity index is 1540. The van der Waals surface area contributed by atoms with Gasteiger partial charge in [0.25, 0.3) is 6.43 Å². The van der Waals surface area contributed by atoms with Crippen LogP contribution in [0.2, 0.25) is 0 Å². The van der Waals surface area contributed by atoms with Crippen molar-refractivity contribution in [2.24, 2.45) is 0 Å². The van der Waals surface area contributed by atoms with Crippen molar-refractivity contribution in [2.75, 3.05) is 4.90 Å². The minimum Gasteiger partial charge on any atom is -0.452 e. The topological polar surface area (TPSA) is 125 Å². The van der Waals surface area contributed by atoms with Gasteiger partial charge in [0.15, 0.2) is 23.2 Å².